The van der Waals surface area contributed by atoms with E-state index in [9.17, 15) is 4.79 Å². The summed E-state index contributed by atoms with van der Waals surface area (Å²) in [6.45, 7) is -0.154. The van der Waals surface area contributed by atoms with Gasteiger partial charge in [-0.2, -0.15) is 0 Å². The molecule has 1 aromatic heterocycles. The van der Waals surface area contributed by atoms with Crippen LogP contribution in [0.5, 0.6) is 0 Å². The number of hydrogen-bond acceptors (Lipinski definition) is 3. The van der Waals surface area contributed by atoms with Crippen LogP contribution in [0.4, 0.5) is 0 Å². The molecule has 1 rings (SSSR count). The third-order valence-corrected chi connectivity index (χ3v) is 1.17. The summed E-state index contributed by atoms with van der Waals surface area (Å²) in [4.78, 5) is 13.7. The van der Waals surface area contributed by atoms with Crippen molar-refractivity contribution in [2.75, 3.05) is 0 Å². The molecular weight excluding hydrogens is 209 g/mol. The van der Waals surface area contributed by atoms with Crippen LogP contribution in [0.2, 0.25) is 0 Å². The van der Waals surface area contributed by atoms with Gasteiger partial charge in [0.05, 0.1) is 0 Å². The molecule has 1 aromatic rings. The normalized spacial score (nSPS) is 8.82. The van der Waals surface area contributed by atoms with Crippen molar-refractivity contribution in [3.63, 3.8) is 0 Å². The first-order valence-electron chi connectivity index (χ1n) is 2.45. The molecule has 0 amide bonds. The van der Waals surface area contributed by atoms with Gasteiger partial charge in [0.25, 0.3) is 0 Å². The first kappa shape index (κ1) is 10.7. The molecule has 0 aliphatic carbocycles. The van der Waals surface area contributed by atoms with Crippen molar-refractivity contribution < 1.29 is 9.90 Å². The van der Waals surface area contributed by atoms with Crippen molar-refractivity contribution in [2.24, 2.45) is 0 Å². The summed E-state index contributed by atoms with van der Waals surface area (Å²) in [5.41, 5.74) is 0. The zero-order chi connectivity index (χ0) is 7.56. The van der Waals surface area contributed by atoms with Gasteiger partial charge in [0, 0.05) is 0 Å². The predicted octanol–water partition coefficient (Wildman–Crippen LogP) is -0.523. The molecule has 0 aliphatic heterocycles. The summed E-state index contributed by atoms with van der Waals surface area (Å²) < 4.78 is 1.63. The predicted molar refractivity (Wildman–Crippen MR) is 42.5 cm³/mol. The first-order valence-corrected chi connectivity index (χ1v) is 3.24. The van der Waals surface area contributed by atoms with E-state index in [1.165, 1.54) is 11.0 Å². The molecule has 0 aromatic carbocycles. The van der Waals surface area contributed by atoms with E-state index < -0.39 is 5.97 Å². The van der Waals surface area contributed by atoms with Crippen LogP contribution < -0.4 is 0 Å². The number of carboxylic acid groups (broad SMARTS) is 1. The van der Waals surface area contributed by atoms with Gasteiger partial charge < -0.3 is 5.11 Å². The summed E-state index contributed by atoms with van der Waals surface area (Å²) in [6.07, 6.45) is 1.35. The Bertz CT molecular complexity index is 251. The van der Waals surface area contributed by atoms with E-state index in [-0.39, 0.29) is 25.4 Å². The van der Waals surface area contributed by atoms with E-state index in [0.29, 0.717) is 4.73 Å². The SMILES string of the molecule is O=C(O)Cn1cnc(Br)n1.[LiH]. The average molecular weight is 214 g/mol. The molecule has 0 unspecified atom stereocenters. The monoisotopic (exact) mass is 213 g/mol. The standard InChI is InChI=1S/C4H4BrN3O2.Li.H/c5-4-6-2-8(7-4)1-3(9)10;;/h2H,1H2,(H,9,10);;. The number of nitrogens with zero attached hydrogens (tertiary/aromatic N) is 3. The Morgan fingerprint density at radius 3 is 2.82 bits per heavy atom. The van der Waals surface area contributed by atoms with Crippen LogP contribution in [0.1, 0.15) is 0 Å². The molecule has 5 nitrogen and oxygen atoms in total. The third-order valence-electron chi connectivity index (χ3n) is 0.806. The van der Waals surface area contributed by atoms with E-state index in [2.05, 4.69) is 26.0 Å². The van der Waals surface area contributed by atoms with Crippen molar-refractivity contribution in [1.82, 2.24) is 14.8 Å². The van der Waals surface area contributed by atoms with Crippen LogP contribution in [0, 0.1) is 0 Å². The third kappa shape index (κ3) is 3.56. The summed E-state index contributed by atoms with van der Waals surface area (Å²) in [5, 5.41) is 12.0. The molecule has 0 saturated carbocycles. The van der Waals surface area contributed by atoms with Crippen LogP contribution in [0.25, 0.3) is 0 Å². The van der Waals surface area contributed by atoms with E-state index >= 15 is 0 Å². The second kappa shape index (κ2) is 4.54. The minimum absolute atomic E-state index is 0. The van der Waals surface area contributed by atoms with Crippen molar-refractivity contribution in [2.45, 2.75) is 6.54 Å². The Labute approximate surface area is 83.1 Å². The number of aromatic nitrogens is 3. The molecule has 7 heteroatoms. The zero-order valence-corrected chi connectivity index (χ0v) is 6.45. The molecule has 0 spiro atoms. The maximum atomic E-state index is 10.1. The quantitative estimate of drug-likeness (QED) is 0.672. The summed E-state index contributed by atoms with van der Waals surface area (Å²) in [5.74, 6) is -0.933. The van der Waals surface area contributed by atoms with Crippen molar-refractivity contribution in [1.29, 1.82) is 0 Å². The molecular formula is C4H5BrLiN3O2. The van der Waals surface area contributed by atoms with E-state index in [1.807, 2.05) is 0 Å². The van der Waals surface area contributed by atoms with Gasteiger partial charge in [-0.1, -0.05) is 0 Å². The number of aliphatic carboxylic acids is 1. The van der Waals surface area contributed by atoms with E-state index in [4.69, 9.17) is 5.11 Å². The van der Waals surface area contributed by atoms with Gasteiger partial charge in [-0.25, -0.2) is 9.67 Å². The second-order valence-corrected chi connectivity index (χ2v) is 2.31. The molecule has 0 bridgehead atoms. The summed E-state index contributed by atoms with van der Waals surface area (Å²) in [7, 11) is 0. The second-order valence-electron chi connectivity index (χ2n) is 1.60. The van der Waals surface area contributed by atoms with Crippen molar-refractivity contribution in [3.05, 3.63) is 11.1 Å². The fourth-order valence-corrected chi connectivity index (χ4v) is 0.782. The molecule has 0 fully saturated rings. The molecule has 0 atom stereocenters. The van der Waals surface area contributed by atoms with Crippen molar-refractivity contribution in [3.8, 4) is 0 Å². The fourth-order valence-electron chi connectivity index (χ4n) is 0.487. The number of carbonyl (C=O) groups is 1. The van der Waals surface area contributed by atoms with Crippen molar-refractivity contribution >= 4 is 40.8 Å². The molecule has 1 heterocycles. The van der Waals surface area contributed by atoms with Crippen LogP contribution >= 0.6 is 15.9 Å². The summed E-state index contributed by atoms with van der Waals surface area (Å²) >= 11 is 2.99. The first-order chi connectivity index (χ1) is 4.68. The Hall–Kier alpha value is -0.313. The van der Waals surface area contributed by atoms with Gasteiger partial charge in [0.15, 0.2) is 0 Å². The molecule has 56 valence electrons. The van der Waals surface area contributed by atoms with Crippen LogP contribution in [0.15, 0.2) is 11.1 Å². The molecule has 0 aliphatic rings. The van der Waals surface area contributed by atoms with Crippen LogP contribution in [-0.4, -0.2) is 44.7 Å². The number of rotatable bonds is 2. The van der Waals surface area contributed by atoms with Gasteiger partial charge in [-0.15, -0.1) is 5.10 Å². The van der Waals surface area contributed by atoms with Gasteiger partial charge in [0.1, 0.15) is 12.9 Å². The van der Waals surface area contributed by atoms with Crippen LogP contribution in [0.3, 0.4) is 0 Å². The number of halogens is 1. The van der Waals surface area contributed by atoms with Crippen LogP contribution in [-0.2, 0) is 11.3 Å². The molecule has 1 N–H and O–H groups in total. The molecule has 0 saturated heterocycles. The van der Waals surface area contributed by atoms with Gasteiger partial charge in [-0.3, -0.25) is 4.79 Å². The Morgan fingerprint density at radius 2 is 2.45 bits per heavy atom. The fraction of sp³-hybridized carbons (Fsp3) is 0.250. The number of carboxylic acids is 1. The van der Waals surface area contributed by atoms with Gasteiger partial charge in [0.2, 0.25) is 4.73 Å². The summed E-state index contributed by atoms with van der Waals surface area (Å²) in [6, 6.07) is 0. The maximum absolute atomic E-state index is 10.1. The van der Waals surface area contributed by atoms with E-state index in [1.54, 1.807) is 0 Å². The average Bonchev–Trinajstić information content (AvgIpc) is 2.13. The molecule has 11 heavy (non-hydrogen) atoms. The van der Waals surface area contributed by atoms with Gasteiger partial charge >= 0.3 is 24.8 Å². The Morgan fingerprint density at radius 1 is 1.82 bits per heavy atom. The molecule has 0 radical (unpaired) electrons. The minimum atomic E-state index is -0.933. The van der Waals surface area contributed by atoms with E-state index in [0.717, 1.165) is 0 Å². The van der Waals surface area contributed by atoms with Gasteiger partial charge in [-0.05, 0) is 15.9 Å². The number of hydrogen-bond donors (Lipinski definition) is 1. The zero-order valence-electron chi connectivity index (χ0n) is 4.86. The Kier molecular flexibility index (Phi) is 4.41. The Balaban J connectivity index is 0.000001000. The topological polar surface area (TPSA) is 68.0 Å².